The summed E-state index contributed by atoms with van der Waals surface area (Å²) >= 11 is 0. The van der Waals surface area contributed by atoms with E-state index in [1.54, 1.807) is 12.3 Å². The minimum absolute atomic E-state index is 0.0157. The van der Waals surface area contributed by atoms with Gasteiger partial charge < -0.3 is 5.73 Å². The number of nitrogens with two attached hydrogens (primary N) is 1. The highest BCUT2D eigenvalue weighted by Crippen LogP contribution is 2.16. The van der Waals surface area contributed by atoms with E-state index in [1.165, 1.54) is 5.56 Å². The van der Waals surface area contributed by atoms with Crippen LogP contribution in [0.25, 0.3) is 0 Å². The third-order valence-electron chi connectivity index (χ3n) is 2.95. The van der Waals surface area contributed by atoms with E-state index in [9.17, 15) is 4.79 Å². The van der Waals surface area contributed by atoms with Gasteiger partial charge in [0.1, 0.15) is 5.82 Å². The van der Waals surface area contributed by atoms with Crippen LogP contribution >= 0.6 is 0 Å². The second-order valence-corrected chi connectivity index (χ2v) is 4.47. The molecule has 92 valence electrons. The Morgan fingerprint density at radius 1 is 1.17 bits per heavy atom. The van der Waals surface area contributed by atoms with Crippen LogP contribution in [-0.4, -0.2) is 10.8 Å². The van der Waals surface area contributed by atoms with Gasteiger partial charge in [0.15, 0.2) is 5.78 Å². The summed E-state index contributed by atoms with van der Waals surface area (Å²) < 4.78 is 0. The molecule has 0 radical (unpaired) electrons. The van der Waals surface area contributed by atoms with Crippen LogP contribution in [0, 0.1) is 13.8 Å². The fraction of sp³-hybridized carbons (Fsp3) is 0.200. The summed E-state index contributed by atoms with van der Waals surface area (Å²) in [4.78, 5) is 16.2. The highest BCUT2D eigenvalue weighted by Gasteiger charge is 2.13. The summed E-state index contributed by atoms with van der Waals surface area (Å²) in [5.41, 5.74) is 9.36. The molecular weight excluding hydrogens is 224 g/mol. The van der Waals surface area contributed by atoms with Gasteiger partial charge in [0.2, 0.25) is 0 Å². The number of hydrogen-bond donors (Lipinski definition) is 1. The molecule has 18 heavy (non-hydrogen) atoms. The molecule has 1 aromatic heterocycles. The molecule has 2 aromatic rings. The van der Waals surface area contributed by atoms with Crippen LogP contribution in [0.5, 0.6) is 0 Å². The fourth-order valence-electron chi connectivity index (χ4n) is 1.92. The van der Waals surface area contributed by atoms with Crippen LogP contribution in [0.4, 0.5) is 5.82 Å². The lowest BCUT2D eigenvalue weighted by Crippen LogP contribution is -2.10. The lowest BCUT2D eigenvalue weighted by molar-refractivity contribution is 0.0993. The number of nitrogens with zero attached hydrogens (tertiary/aromatic N) is 1. The number of hydrogen-bond acceptors (Lipinski definition) is 3. The Kier molecular flexibility index (Phi) is 3.42. The number of ketones is 1. The van der Waals surface area contributed by atoms with Crippen molar-refractivity contribution in [1.29, 1.82) is 0 Å². The van der Waals surface area contributed by atoms with Gasteiger partial charge in [-0.15, -0.1) is 0 Å². The lowest BCUT2D eigenvalue weighted by atomic mass is 9.99. The zero-order valence-corrected chi connectivity index (χ0v) is 10.6. The first-order chi connectivity index (χ1) is 8.58. The van der Waals surface area contributed by atoms with Gasteiger partial charge in [-0.3, -0.25) is 4.79 Å². The quantitative estimate of drug-likeness (QED) is 0.839. The number of carbonyl (C=O) groups excluding carboxylic acids is 1. The molecule has 0 aliphatic carbocycles. The van der Waals surface area contributed by atoms with Crippen molar-refractivity contribution in [3.8, 4) is 0 Å². The minimum atomic E-state index is 0.0157. The van der Waals surface area contributed by atoms with Gasteiger partial charge in [-0.25, -0.2) is 4.98 Å². The molecule has 2 rings (SSSR count). The average molecular weight is 240 g/mol. The van der Waals surface area contributed by atoms with Crippen LogP contribution in [0.2, 0.25) is 0 Å². The number of pyridine rings is 1. The minimum Gasteiger partial charge on any atom is -0.383 e. The van der Waals surface area contributed by atoms with Crippen LogP contribution < -0.4 is 5.73 Å². The molecule has 0 bridgehead atoms. The van der Waals surface area contributed by atoms with E-state index in [0.717, 1.165) is 11.1 Å². The van der Waals surface area contributed by atoms with Crippen molar-refractivity contribution in [1.82, 2.24) is 4.98 Å². The largest absolute Gasteiger partial charge is 0.383 e. The molecule has 0 fully saturated rings. The number of carbonyl (C=O) groups is 1. The Morgan fingerprint density at radius 3 is 2.44 bits per heavy atom. The van der Waals surface area contributed by atoms with E-state index >= 15 is 0 Å². The molecule has 0 atom stereocenters. The average Bonchev–Trinajstić information content (AvgIpc) is 2.32. The molecule has 0 saturated heterocycles. The predicted octanol–water partition coefficient (Wildman–Crippen LogP) is 2.71. The highest BCUT2D eigenvalue weighted by molar-refractivity contribution is 6.02. The molecule has 0 saturated carbocycles. The van der Waals surface area contributed by atoms with Gasteiger partial charge in [-0.05, 0) is 31.0 Å². The maximum Gasteiger partial charge on any atom is 0.171 e. The molecule has 3 heteroatoms. The van der Waals surface area contributed by atoms with E-state index in [-0.39, 0.29) is 5.78 Å². The monoisotopic (exact) mass is 240 g/mol. The molecular formula is C15H16N2O. The molecule has 0 unspecified atom stereocenters. The van der Waals surface area contributed by atoms with Gasteiger partial charge in [0.25, 0.3) is 0 Å². The zero-order chi connectivity index (χ0) is 13.1. The van der Waals surface area contributed by atoms with Crippen molar-refractivity contribution in [2.75, 3.05) is 5.73 Å². The summed E-state index contributed by atoms with van der Waals surface area (Å²) in [6.45, 7) is 3.90. The summed E-state index contributed by atoms with van der Waals surface area (Å²) in [7, 11) is 0. The Bertz CT molecular complexity index is 553. The Labute approximate surface area is 107 Å². The molecule has 0 amide bonds. The lowest BCUT2D eigenvalue weighted by Gasteiger charge is -2.07. The molecule has 0 aliphatic rings. The van der Waals surface area contributed by atoms with E-state index < -0.39 is 0 Å². The zero-order valence-electron chi connectivity index (χ0n) is 10.6. The first-order valence-electron chi connectivity index (χ1n) is 5.88. The fourth-order valence-corrected chi connectivity index (χ4v) is 1.92. The molecule has 1 aromatic carbocycles. The normalized spacial score (nSPS) is 10.3. The summed E-state index contributed by atoms with van der Waals surface area (Å²) in [6, 6.07) is 9.74. The first kappa shape index (κ1) is 12.3. The van der Waals surface area contributed by atoms with E-state index in [0.29, 0.717) is 17.8 Å². The summed E-state index contributed by atoms with van der Waals surface area (Å²) in [6.07, 6.45) is 1.98. The van der Waals surface area contributed by atoms with Crippen LogP contribution in [0.3, 0.4) is 0 Å². The molecule has 0 spiro atoms. The smallest absolute Gasteiger partial charge is 0.171 e. The van der Waals surface area contributed by atoms with Crippen LogP contribution in [0.15, 0.2) is 36.5 Å². The second-order valence-electron chi connectivity index (χ2n) is 4.47. The number of benzene rings is 1. The first-order valence-corrected chi connectivity index (χ1v) is 5.88. The number of anilines is 1. The third-order valence-corrected chi connectivity index (χ3v) is 2.95. The standard InChI is InChI=1S/C15H16N2O/c1-10-3-5-12(6-4-10)9-13(18)14-11(2)7-8-17-15(14)16/h3-8H,9H2,1-2H3,(H2,16,17). The van der Waals surface area contributed by atoms with Crippen LogP contribution in [-0.2, 0) is 6.42 Å². The van der Waals surface area contributed by atoms with Gasteiger partial charge in [0.05, 0.1) is 5.56 Å². The maximum atomic E-state index is 12.2. The van der Waals surface area contributed by atoms with Gasteiger partial charge in [-0.1, -0.05) is 29.8 Å². The number of Topliss-reactive ketones (excluding diaryl/α,β-unsaturated/α-hetero) is 1. The second kappa shape index (κ2) is 5.00. The number of aryl methyl sites for hydroxylation is 2. The van der Waals surface area contributed by atoms with Crippen molar-refractivity contribution in [2.24, 2.45) is 0 Å². The van der Waals surface area contributed by atoms with E-state index in [2.05, 4.69) is 4.98 Å². The highest BCUT2D eigenvalue weighted by atomic mass is 16.1. The number of aromatic nitrogens is 1. The Hall–Kier alpha value is -2.16. The van der Waals surface area contributed by atoms with Crippen molar-refractivity contribution in [2.45, 2.75) is 20.3 Å². The van der Waals surface area contributed by atoms with Crippen molar-refractivity contribution in [3.05, 3.63) is 58.8 Å². The molecule has 1 heterocycles. The van der Waals surface area contributed by atoms with Gasteiger partial charge in [-0.2, -0.15) is 0 Å². The van der Waals surface area contributed by atoms with Gasteiger partial charge >= 0.3 is 0 Å². The van der Waals surface area contributed by atoms with Crippen molar-refractivity contribution < 1.29 is 4.79 Å². The SMILES string of the molecule is Cc1ccc(CC(=O)c2c(C)ccnc2N)cc1. The number of rotatable bonds is 3. The Morgan fingerprint density at radius 2 is 1.83 bits per heavy atom. The molecule has 3 nitrogen and oxygen atoms in total. The van der Waals surface area contributed by atoms with E-state index in [4.69, 9.17) is 5.73 Å². The number of nitrogen functional groups attached to an aromatic ring is 1. The molecule has 2 N–H and O–H groups in total. The maximum absolute atomic E-state index is 12.2. The summed E-state index contributed by atoms with van der Waals surface area (Å²) in [5.74, 6) is 0.328. The predicted molar refractivity (Wildman–Crippen MR) is 72.6 cm³/mol. The summed E-state index contributed by atoms with van der Waals surface area (Å²) in [5, 5.41) is 0. The van der Waals surface area contributed by atoms with E-state index in [1.807, 2.05) is 38.1 Å². The van der Waals surface area contributed by atoms with Crippen LogP contribution in [0.1, 0.15) is 27.0 Å². The van der Waals surface area contributed by atoms with Gasteiger partial charge in [0, 0.05) is 12.6 Å². The van der Waals surface area contributed by atoms with Crippen molar-refractivity contribution >= 4 is 11.6 Å². The topological polar surface area (TPSA) is 56.0 Å². The third kappa shape index (κ3) is 2.56. The molecule has 0 aliphatic heterocycles. The Balaban J connectivity index is 2.25. The van der Waals surface area contributed by atoms with Crippen molar-refractivity contribution in [3.63, 3.8) is 0 Å².